The van der Waals surface area contributed by atoms with E-state index in [1.54, 1.807) is 30.3 Å². The van der Waals surface area contributed by atoms with Crippen LogP contribution in [0, 0.1) is 5.92 Å². The van der Waals surface area contributed by atoms with Crippen molar-refractivity contribution in [2.24, 2.45) is 11.7 Å². The molecule has 30 heavy (non-hydrogen) atoms. The molecule has 0 saturated heterocycles. The SMILES string of the molecule is CC(C)CC(N)C(=O)NCC(=O)NC(Cc1ccccc1)C(=O)NC(CO)C(=O)O. The number of hydrogen-bond acceptors (Lipinski definition) is 6. The molecule has 0 spiro atoms. The number of aliphatic carboxylic acids is 1. The first-order chi connectivity index (χ1) is 14.1. The zero-order valence-corrected chi connectivity index (χ0v) is 17.1. The second kappa shape index (κ2) is 12.6. The summed E-state index contributed by atoms with van der Waals surface area (Å²) in [4.78, 5) is 47.8. The summed E-state index contributed by atoms with van der Waals surface area (Å²) in [5.74, 6) is -3.06. The Balaban J connectivity index is 2.76. The van der Waals surface area contributed by atoms with Crippen LogP contribution in [-0.2, 0) is 25.6 Å². The molecule has 10 nitrogen and oxygen atoms in total. The number of carboxylic acid groups (broad SMARTS) is 1. The van der Waals surface area contributed by atoms with Crippen LogP contribution in [0.25, 0.3) is 0 Å². The summed E-state index contributed by atoms with van der Waals surface area (Å²) < 4.78 is 0. The molecule has 0 aliphatic heterocycles. The highest BCUT2D eigenvalue weighted by atomic mass is 16.4. The lowest BCUT2D eigenvalue weighted by Crippen LogP contribution is -2.55. The van der Waals surface area contributed by atoms with Gasteiger partial charge in [-0.3, -0.25) is 14.4 Å². The third kappa shape index (κ3) is 9.01. The van der Waals surface area contributed by atoms with Crippen LogP contribution in [0.15, 0.2) is 30.3 Å². The van der Waals surface area contributed by atoms with Crippen LogP contribution < -0.4 is 21.7 Å². The number of hydrogen-bond donors (Lipinski definition) is 6. The number of carbonyl (C=O) groups excluding carboxylic acids is 3. The highest BCUT2D eigenvalue weighted by Crippen LogP contribution is 2.05. The van der Waals surface area contributed by atoms with E-state index in [9.17, 15) is 19.2 Å². The van der Waals surface area contributed by atoms with E-state index < -0.39 is 48.4 Å². The van der Waals surface area contributed by atoms with Crippen molar-refractivity contribution in [1.82, 2.24) is 16.0 Å². The van der Waals surface area contributed by atoms with Crippen LogP contribution >= 0.6 is 0 Å². The third-order valence-corrected chi connectivity index (χ3v) is 4.22. The van der Waals surface area contributed by atoms with Gasteiger partial charge in [-0.25, -0.2) is 4.79 Å². The van der Waals surface area contributed by atoms with E-state index in [-0.39, 0.29) is 18.9 Å². The average Bonchev–Trinajstić information content (AvgIpc) is 2.69. The predicted octanol–water partition coefficient (Wildman–Crippen LogP) is -1.23. The molecule has 0 saturated carbocycles. The second-order valence-electron chi connectivity index (χ2n) is 7.35. The first-order valence-electron chi connectivity index (χ1n) is 9.64. The van der Waals surface area contributed by atoms with E-state index in [2.05, 4.69) is 16.0 Å². The van der Waals surface area contributed by atoms with Gasteiger partial charge in [-0.1, -0.05) is 44.2 Å². The number of nitrogens with two attached hydrogens (primary N) is 1. The molecule has 7 N–H and O–H groups in total. The number of carbonyl (C=O) groups is 4. The lowest BCUT2D eigenvalue weighted by atomic mass is 10.0. The monoisotopic (exact) mass is 422 g/mol. The minimum absolute atomic E-state index is 0.0942. The Hall–Kier alpha value is -2.98. The van der Waals surface area contributed by atoms with Gasteiger partial charge < -0.3 is 31.9 Å². The summed E-state index contributed by atoms with van der Waals surface area (Å²) in [6.07, 6.45) is 0.557. The van der Waals surface area contributed by atoms with Crippen molar-refractivity contribution in [1.29, 1.82) is 0 Å². The molecular weight excluding hydrogens is 392 g/mol. The second-order valence-corrected chi connectivity index (χ2v) is 7.35. The van der Waals surface area contributed by atoms with Crippen LogP contribution in [0.1, 0.15) is 25.8 Å². The fourth-order valence-electron chi connectivity index (χ4n) is 2.68. The predicted molar refractivity (Wildman–Crippen MR) is 109 cm³/mol. The summed E-state index contributed by atoms with van der Waals surface area (Å²) in [5.41, 5.74) is 6.50. The molecule has 0 heterocycles. The molecule has 0 aliphatic carbocycles. The number of nitrogens with one attached hydrogen (secondary N) is 3. The molecule has 0 aromatic heterocycles. The Bertz CT molecular complexity index is 725. The van der Waals surface area contributed by atoms with Crippen molar-refractivity contribution in [3.05, 3.63) is 35.9 Å². The van der Waals surface area contributed by atoms with Crippen LogP contribution in [0.4, 0.5) is 0 Å². The van der Waals surface area contributed by atoms with Gasteiger partial charge in [0.05, 0.1) is 19.2 Å². The van der Waals surface area contributed by atoms with E-state index >= 15 is 0 Å². The smallest absolute Gasteiger partial charge is 0.328 e. The Morgan fingerprint density at radius 1 is 1.00 bits per heavy atom. The molecule has 10 heteroatoms. The first kappa shape index (κ1) is 25.1. The fraction of sp³-hybridized carbons (Fsp3) is 0.500. The number of aliphatic hydroxyl groups is 1. The van der Waals surface area contributed by atoms with Crippen LogP contribution in [-0.4, -0.2) is 65.2 Å². The molecule has 3 atom stereocenters. The number of rotatable bonds is 12. The van der Waals surface area contributed by atoms with Gasteiger partial charge in [-0.15, -0.1) is 0 Å². The van der Waals surface area contributed by atoms with Gasteiger partial charge in [0, 0.05) is 6.42 Å². The molecule has 0 bridgehead atoms. The number of benzene rings is 1. The summed E-state index contributed by atoms with van der Waals surface area (Å²) in [6, 6.07) is 5.46. The maximum Gasteiger partial charge on any atom is 0.328 e. The van der Waals surface area contributed by atoms with Crippen LogP contribution in [0.5, 0.6) is 0 Å². The summed E-state index contributed by atoms with van der Waals surface area (Å²) in [5, 5.41) is 25.2. The normalized spacial score (nSPS) is 13.8. The average molecular weight is 422 g/mol. The number of carboxylic acids is 1. The van der Waals surface area contributed by atoms with Crippen molar-refractivity contribution in [2.45, 2.75) is 44.8 Å². The molecule has 166 valence electrons. The lowest BCUT2D eigenvalue weighted by Gasteiger charge is -2.21. The standard InChI is InChI=1S/C20H30N4O6/c1-12(2)8-14(21)18(27)22-10-17(26)23-15(9-13-6-4-3-5-7-13)19(28)24-16(11-25)20(29)30/h3-7,12,14-16,25H,8-11,21H2,1-2H3,(H,22,27)(H,23,26)(H,24,28)(H,29,30). The summed E-state index contributed by atoms with van der Waals surface area (Å²) in [6.45, 7) is 2.66. The van der Waals surface area contributed by atoms with Gasteiger partial charge in [0.15, 0.2) is 0 Å². The molecular formula is C20H30N4O6. The van der Waals surface area contributed by atoms with Gasteiger partial charge in [0.2, 0.25) is 17.7 Å². The van der Waals surface area contributed by atoms with Gasteiger partial charge >= 0.3 is 5.97 Å². The largest absolute Gasteiger partial charge is 0.480 e. The quantitative estimate of drug-likeness (QED) is 0.245. The number of aliphatic hydroxyl groups excluding tert-OH is 1. The minimum Gasteiger partial charge on any atom is -0.480 e. The zero-order valence-electron chi connectivity index (χ0n) is 17.1. The highest BCUT2D eigenvalue weighted by Gasteiger charge is 2.26. The van der Waals surface area contributed by atoms with Crippen molar-refractivity contribution < 1.29 is 29.4 Å². The molecule has 0 radical (unpaired) electrons. The van der Waals surface area contributed by atoms with E-state index in [1.807, 2.05) is 13.8 Å². The molecule has 3 amide bonds. The molecule has 1 aromatic carbocycles. The first-order valence-corrected chi connectivity index (χ1v) is 9.64. The lowest BCUT2D eigenvalue weighted by molar-refractivity contribution is -0.143. The molecule has 1 rings (SSSR count). The zero-order chi connectivity index (χ0) is 22.7. The summed E-state index contributed by atoms with van der Waals surface area (Å²) in [7, 11) is 0. The number of amides is 3. The Kier molecular flexibility index (Phi) is 10.5. The van der Waals surface area contributed by atoms with E-state index in [0.717, 1.165) is 5.56 Å². The van der Waals surface area contributed by atoms with E-state index in [1.165, 1.54) is 0 Å². The minimum atomic E-state index is -1.50. The van der Waals surface area contributed by atoms with Crippen LogP contribution in [0.2, 0.25) is 0 Å². The van der Waals surface area contributed by atoms with Crippen molar-refractivity contribution in [2.75, 3.05) is 13.2 Å². The van der Waals surface area contributed by atoms with E-state index in [0.29, 0.717) is 6.42 Å². The fourth-order valence-corrected chi connectivity index (χ4v) is 2.68. The van der Waals surface area contributed by atoms with Crippen molar-refractivity contribution in [3.63, 3.8) is 0 Å². The van der Waals surface area contributed by atoms with Crippen LogP contribution in [0.3, 0.4) is 0 Å². The Morgan fingerprint density at radius 2 is 1.63 bits per heavy atom. The maximum absolute atomic E-state index is 12.5. The van der Waals surface area contributed by atoms with Gasteiger partial charge in [0.1, 0.15) is 12.1 Å². The molecule has 1 aromatic rings. The van der Waals surface area contributed by atoms with Gasteiger partial charge in [0.25, 0.3) is 0 Å². The Labute approximate surface area is 175 Å². The molecule has 0 fully saturated rings. The van der Waals surface area contributed by atoms with Gasteiger partial charge in [-0.2, -0.15) is 0 Å². The van der Waals surface area contributed by atoms with Gasteiger partial charge in [-0.05, 0) is 17.9 Å². The maximum atomic E-state index is 12.5. The molecule has 3 unspecified atom stereocenters. The Morgan fingerprint density at radius 3 is 2.17 bits per heavy atom. The molecule has 0 aliphatic rings. The summed E-state index contributed by atoms with van der Waals surface area (Å²) >= 11 is 0. The van der Waals surface area contributed by atoms with E-state index in [4.69, 9.17) is 15.9 Å². The highest BCUT2D eigenvalue weighted by molar-refractivity contribution is 5.92. The third-order valence-electron chi connectivity index (χ3n) is 4.22. The van der Waals surface area contributed by atoms with Crippen molar-refractivity contribution >= 4 is 23.7 Å². The topological polar surface area (TPSA) is 171 Å². The van der Waals surface area contributed by atoms with Crippen molar-refractivity contribution in [3.8, 4) is 0 Å².